The van der Waals surface area contributed by atoms with Gasteiger partial charge in [0.15, 0.2) is 0 Å². The average Bonchev–Trinajstić information content (AvgIpc) is 3.40. The summed E-state index contributed by atoms with van der Waals surface area (Å²) in [5.74, 6) is 1.92. The van der Waals surface area contributed by atoms with E-state index in [1.807, 2.05) is 12.1 Å². The molecule has 8 heteroatoms. The van der Waals surface area contributed by atoms with Gasteiger partial charge < -0.3 is 15.0 Å². The number of H-pyrrole nitrogens is 1. The van der Waals surface area contributed by atoms with Crippen molar-refractivity contribution < 1.29 is 4.74 Å². The lowest BCUT2D eigenvalue weighted by Crippen LogP contribution is -2.37. The van der Waals surface area contributed by atoms with Crippen LogP contribution < -0.4 is 21.3 Å². The van der Waals surface area contributed by atoms with Crippen LogP contribution in [0.1, 0.15) is 29.9 Å². The molecule has 1 aliphatic carbocycles. The summed E-state index contributed by atoms with van der Waals surface area (Å²) in [6.45, 7) is 1.36. The Labute approximate surface area is 188 Å². The summed E-state index contributed by atoms with van der Waals surface area (Å²) in [5, 5.41) is 4.49. The number of nitrogens with zero attached hydrogens (tertiary/aromatic N) is 2. The van der Waals surface area contributed by atoms with Crippen LogP contribution in [0, 0.1) is 5.92 Å². The third kappa shape index (κ3) is 2.93. The van der Waals surface area contributed by atoms with Crippen molar-refractivity contribution >= 4 is 31.6 Å². The summed E-state index contributed by atoms with van der Waals surface area (Å²) in [5.41, 5.74) is 2.68. The first-order valence-electron chi connectivity index (χ1n) is 11.0. The molecular formula is C24H24N4O3S. The Morgan fingerprint density at radius 2 is 2.19 bits per heavy atom. The molecule has 1 aliphatic heterocycles. The third-order valence-electron chi connectivity index (χ3n) is 7.17. The second kappa shape index (κ2) is 7.56. The summed E-state index contributed by atoms with van der Waals surface area (Å²) >= 11 is 1.41. The van der Waals surface area contributed by atoms with Gasteiger partial charge in [0, 0.05) is 41.0 Å². The van der Waals surface area contributed by atoms with Crippen molar-refractivity contribution in [1.29, 1.82) is 0 Å². The number of aromatic nitrogens is 3. The van der Waals surface area contributed by atoms with Crippen molar-refractivity contribution in [2.24, 2.45) is 5.92 Å². The Bertz CT molecular complexity index is 1450. The zero-order valence-corrected chi connectivity index (χ0v) is 18.6. The van der Waals surface area contributed by atoms with E-state index in [1.165, 1.54) is 27.0 Å². The molecule has 3 aromatic heterocycles. The Morgan fingerprint density at radius 1 is 1.28 bits per heavy atom. The van der Waals surface area contributed by atoms with Gasteiger partial charge in [-0.05, 0) is 55.0 Å². The van der Waals surface area contributed by atoms with Crippen LogP contribution >= 0.6 is 11.3 Å². The first-order valence-corrected chi connectivity index (χ1v) is 11.9. The van der Waals surface area contributed by atoms with E-state index in [1.54, 1.807) is 19.5 Å². The minimum absolute atomic E-state index is 0.217. The Balaban J connectivity index is 1.33. The summed E-state index contributed by atoms with van der Waals surface area (Å²) in [6.07, 6.45) is 6.28. The van der Waals surface area contributed by atoms with Crippen molar-refractivity contribution in [3.63, 3.8) is 0 Å². The van der Waals surface area contributed by atoms with Gasteiger partial charge in [0.25, 0.3) is 5.56 Å². The second-order valence-electron chi connectivity index (χ2n) is 8.72. The van der Waals surface area contributed by atoms with Gasteiger partial charge >= 0.3 is 5.69 Å². The van der Waals surface area contributed by atoms with E-state index in [0.29, 0.717) is 28.6 Å². The minimum Gasteiger partial charge on any atom is -0.496 e. The largest absolute Gasteiger partial charge is 0.496 e. The summed E-state index contributed by atoms with van der Waals surface area (Å²) < 4.78 is 8.50. The van der Waals surface area contributed by atoms with Crippen molar-refractivity contribution in [1.82, 2.24) is 19.9 Å². The van der Waals surface area contributed by atoms with E-state index in [0.717, 1.165) is 41.6 Å². The number of fused-ring (bicyclic) bond motifs is 6. The summed E-state index contributed by atoms with van der Waals surface area (Å²) in [7, 11) is 1.73. The number of rotatable bonds is 4. The molecule has 0 radical (unpaired) electrons. The van der Waals surface area contributed by atoms with Gasteiger partial charge in [-0.25, -0.2) is 4.79 Å². The first kappa shape index (κ1) is 19.7. The smallest absolute Gasteiger partial charge is 0.328 e. The standard InChI is InChI=1S/C24H24N4O3S/c1-31-18-4-2-3-15-14(18)6-5-13-11-26-17(20(13)15)8-10-28-23(29)22-21(27-24(28)30)16-12-25-9-7-19(16)32-22/h2-4,7,9,12-13,17,20,26H,5-6,8,10-11H2,1H3,(H,27,30)/t13-,17?,20+/m0/s1. The van der Waals surface area contributed by atoms with E-state index in [-0.39, 0.29) is 17.3 Å². The fourth-order valence-electron chi connectivity index (χ4n) is 5.68. The SMILES string of the molecule is COc1cccc2c1CC[C@H]1CNC(CCn3c(=O)[nH]c4c(sc5ccncc54)c3=O)[C@@H]21. The molecule has 3 atom stereocenters. The number of aromatic amines is 1. The maximum atomic E-state index is 13.2. The number of hydrogen-bond acceptors (Lipinski definition) is 6. The fraction of sp³-hybridized carbons (Fsp3) is 0.375. The van der Waals surface area contributed by atoms with E-state index in [2.05, 4.69) is 27.4 Å². The molecule has 2 N–H and O–H groups in total. The molecule has 0 saturated carbocycles. The predicted octanol–water partition coefficient (Wildman–Crippen LogP) is 3.02. The van der Waals surface area contributed by atoms with Gasteiger partial charge in [-0.1, -0.05) is 12.1 Å². The first-order chi connectivity index (χ1) is 15.7. The average molecular weight is 449 g/mol. The van der Waals surface area contributed by atoms with Crippen LogP contribution in [-0.2, 0) is 13.0 Å². The predicted molar refractivity (Wildman–Crippen MR) is 126 cm³/mol. The Kier molecular flexibility index (Phi) is 4.66. The molecule has 4 heterocycles. The molecule has 32 heavy (non-hydrogen) atoms. The Hall–Kier alpha value is -2.97. The maximum absolute atomic E-state index is 13.2. The highest BCUT2D eigenvalue weighted by Gasteiger charge is 2.40. The molecule has 164 valence electrons. The van der Waals surface area contributed by atoms with Crippen molar-refractivity contribution in [2.75, 3.05) is 13.7 Å². The van der Waals surface area contributed by atoms with Gasteiger partial charge in [-0.2, -0.15) is 0 Å². The molecule has 1 fully saturated rings. The number of hydrogen-bond donors (Lipinski definition) is 2. The van der Waals surface area contributed by atoms with Gasteiger partial charge in [-0.3, -0.25) is 14.3 Å². The minimum atomic E-state index is -0.355. The topological polar surface area (TPSA) is 89.0 Å². The molecule has 7 nitrogen and oxygen atoms in total. The molecule has 1 unspecified atom stereocenters. The molecule has 2 aliphatic rings. The van der Waals surface area contributed by atoms with E-state index >= 15 is 0 Å². The number of methoxy groups -OCH3 is 1. The number of thiophene rings is 1. The Morgan fingerprint density at radius 3 is 3.06 bits per heavy atom. The summed E-state index contributed by atoms with van der Waals surface area (Å²) in [6, 6.07) is 8.41. The lowest BCUT2D eigenvalue weighted by molar-refractivity contribution is 0.371. The van der Waals surface area contributed by atoms with Crippen LogP contribution in [-0.4, -0.2) is 34.2 Å². The zero-order chi connectivity index (χ0) is 21.8. The van der Waals surface area contributed by atoms with Crippen LogP contribution in [0.15, 0.2) is 46.2 Å². The molecule has 4 aromatic rings. The van der Waals surface area contributed by atoms with Crippen molar-refractivity contribution in [2.45, 2.75) is 37.8 Å². The van der Waals surface area contributed by atoms with Crippen LogP contribution in [0.25, 0.3) is 20.3 Å². The van der Waals surface area contributed by atoms with E-state index in [9.17, 15) is 9.59 Å². The molecule has 1 saturated heterocycles. The van der Waals surface area contributed by atoms with Gasteiger partial charge in [-0.15, -0.1) is 11.3 Å². The number of pyridine rings is 1. The maximum Gasteiger partial charge on any atom is 0.328 e. The van der Waals surface area contributed by atoms with Gasteiger partial charge in [0.1, 0.15) is 10.4 Å². The van der Waals surface area contributed by atoms with Crippen molar-refractivity contribution in [3.8, 4) is 5.75 Å². The van der Waals surface area contributed by atoms with Crippen LogP contribution in [0.4, 0.5) is 0 Å². The fourth-order valence-corrected chi connectivity index (χ4v) is 6.75. The van der Waals surface area contributed by atoms with Crippen LogP contribution in [0.5, 0.6) is 5.75 Å². The highest BCUT2D eigenvalue weighted by molar-refractivity contribution is 7.25. The molecule has 1 aromatic carbocycles. The zero-order valence-electron chi connectivity index (χ0n) is 17.8. The second-order valence-corrected chi connectivity index (χ2v) is 9.77. The number of benzene rings is 1. The van der Waals surface area contributed by atoms with E-state index < -0.39 is 0 Å². The molecule has 6 rings (SSSR count). The van der Waals surface area contributed by atoms with Gasteiger partial charge in [0.2, 0.25) is 0 Å². The molecule has 0 bridgehead atoms. The molecule has 0 spiro atoms. The highest BCUT2D eigenvalue weighted by Crippen LogP contribution is 2.45. The van der Waals surface area contributed by atoms with Gasteiger partial charge in [0.05, 0.1) is 12.6 Å². The monoisotopic (exact) mass is 448 g/mol. The third-order valence-corrected chi connectivity index (χ3v) is 8.33. The van der Waals surface area contributed by atoms with E-state index in [4.69, 9.17) is 4.74 Å². The highest BCUT2D eigenvalue weighted by atomic mass is 32.1. The molecular weight excluding hydrogens is 424 g/mol. The quantitative estimate of drug-likeness (QED) is 0.501. The van der Waals surface area contributed by atoms with Crippen LogP contribution in [0.2, 0.25) is 0 Å². The lowest BCUT2D eigenvalue weighted by Gasteiger charge is -2.32. The number of nitrogens with one attached hydrogen (secondary N) is 2. The van der Waals surface area contributed by atoms with Crippen LogP contribution in [0.3, 0.4) is 0 Å². The summed E-state index contributed by atoms with van der Waals surface area (Å²) in [4.78, 5) is 33.1. The lowest BCUT2D eigenvalue weighted by atomic mass is 9.73. The number of ether oxygens (including phenoxy) is 1. The normalized spacial score (nSPS) is 22.2. The van der Waals surface area contributed by atoms with Crippen molar-refractivity contribution in [3.05, 3.63) is 68.6 Å². The molecule has 0 amide bonds.